The molecule has 0 radical (unpaired) electrons. The van der Waals surface area contributed by atoms with Gasteiger partial charge in [0.15, 0.2) is 9.84 Å². The quantitative estimate of drug-likeness (QED) is 0.677. The highest BCUT2D eigenvalue weighted by molar-refractivity contribution is 7.91. The molecular weight excluding hydrogens is 202 g/mol. The average Bonchev–Trinajstić information content (AvgIpc) is 2.59. The van der Waals surface area contributed by atoms with Crippen LogP contribution in [0.5, 0.6) is 0 Å². The predicted molar refractivity (Wildman–Crippen MR) is 52.5 cm³/mol. The molecule has 2 unspecified atom stereocenters. The second-order valence-electron chi connectivity index (χ2n) is 4.53. The first-order chi connectivity index (χ1) is 6.44. The van der Waals surface area contributed by atoms with Gasteiger partial charge in [-0.2, -0.15) is 0 Å². The van der Waals surface area contributed by atoms with Crippen LogP contribution >= 0.6 is 0 Å². The van der Waals surface area contributed by atoms with Crippen molar-refractivity contribution in [3.8, 4) is 0 Å². The summed E-state index contributed by atoms with van der Waals surface area (Å²) in [6, 6.07) is 0. The summed E-state index contributed by atoms with van der Waals surface area (Å²) in [7, 11) is -3.01. The van der Waals surface area contributed by atoms with Crippen molar-refractivity contribution in [3.63, 3.8) is 0 Å². The molecule has 80 valence electrons. The largest absolute Gasteiger partial charge is 0.355 e. The summed E-state index contributed by atoms with van der Waals surface area (Å²) in [5.41, 5.74) is -0.287. The number of hydrogen-bond acceptors (Lipinski definition) is 3. The molecule has 0 bridgehead atoms. The highest BCUT2D eigenvalue weighted by atomic mass is 32.2. The van der Waals surface area contributed by atoms with Gasteiger partial charge < -0.3 is 5.32 Å². The highest BCUT2D eigenvalue weighted by Gasteiger charge is 2.51. The van der Waals surface area contributed by atoms with Gasteiger partial charge in [0.2, 0.25) is 5.91 Å². The van der Waals surface area contributed by atoms with E-state index in [1.807, 2.05) is 0 Å². The molecule has 2 aliphatic rings. The SMILES string of the molecule is CS(=O)(=O)C1CCCC12CNC(=O)C2. The van der Waals surface area contributed by atoms with Crippen molar-refractivity contribution in [3.05, 3.63) is 0 Å². The second kappa shape index (κ2) is 2.95. The minimum Gasteiger partial charge on any atom is -0.355 e. The van der Waals surface area contributed by atoms with Crippen LogP contribution in [0.25, 0.3) is 0 Å². The van der Waals surface area contributed by atoms with Gasteiger partial charge in [-0.15, -0.1) is 0 Å². The van der Waals surface area contributed by atoms with Crippen LogP contribution in [0.3, 0.4) is 0 Å². The topological polar surface area (TPSA) is 63.2 Å². The second-order valence-corrected chi connectivity index (χ2v) is 6.75. The van der Waals surface area contributed by atoms with Crippen molar-refractivity contribution in [2.24, 2.45) is 5.41 Å². The van der Waals surface area contributed by atoms with Crippen molar-refractivity contribution < 1.29 is 13.2 Å². The van der Waals surface area contributed by atoms with E-state index in [-0.39, 0.29) is 16.6 Å². The first-order valence-electron chi connectivity index (χ1n) is 4.90. The van der Waals surface area contributed by atoms with Gasteiger partial charge in [0.1, 0.15) is 0 Å². The summed E-state index contributed by atoms with van der Waals surface area (Å²) < 4.78 is 23.1. The van der Waals surface area contributed by atoms with E-state index in [2.05, 4.69) is 5.32 Å². The van der Waals surface area contributed by atoms with E-state index in [0.717, 1.165) is 12.8 Å². The summed E-state index contributed by atoms with van der Waals surface area (Å²) in [5, 5.41) is 2.44. The van der Waals surface area contributed by atoms with E-state index >= 15 is 0 Å². The Morgan fingerprint density at radius 2 is 2.21 bits per heavy atom. The molecule has 14 heavy (non-hydrogen) atoms. The maximum Gasteiger partial charge on any atom is 0.220 e. The van der Waals surface area contributed by atoms with Gasteiger partial charge in [0.25, 0.3) is 0 Å². The zero-order valence-electron chi connectivity index (χ0n) is 8.25. The van der Waals surface area contributed by atoms with Gasteiger partial charge in [-0.05, 0) is 12.8 Å². The minimum atomic E-state index is -3.01. The van der Waals surface area contributed by atoms with E-state index in [9.17, 15) is 13.2 Å². The zero-order valence-corrected chi connectivity index (χ0v) is 9.06. The number of nitrogens with one attached hydrogen (secondary N) is 1. The lowest BCUT2D eigenvalue weighted by Crippen LogP contribution is -2.37. The Kier molecular flexibility index (Phi) is 2.10. The van der Waals surface area contributed by atoms with Gasteiger partial charge in [-0.25, -0.2) is 8.42 Å². The molecule has 2 fully saturated rings. The van der Waals surface area contributed by atoms with E-state index in [0.29, 0.717) is 19.4 Å². The van der Waals surface area contributed by atoms with Crippen molar-refractivity contribution >= 4 is 15.7 Å². The number of carbonyl (C=O) groups excluding carboxylic acids is 1. The summed E-state index contributed by atoms with van der Waals surface area (Å²) in [5.74, 6) is 0.000509. The number of rotatable bonds is 1. The molecule has 4 nitrogen and oxygen atoms in total. The average molecular weight is 217 g/mol. The van der Waals surface area contributed by atoms with Crippen molar-refractivity contribution in [1.29, 1.82) is 0 Å². The minimum absolute atomic E-state index is 0.000509. The number of sulfone groups is 1. The molecular formula is C9H15NO3S. The lowest BCUT2D eigenvalue weighted by molar-refractivity contribution is -0.119. The molecule has 0 aromatic heterocycles. The van der Waals surface area contributed by atoms with Crippen LogP contribution in [0.2, 0.25) is 0 Å². The van der Waals surface area contributed by atoms with E-state index in [1.54, 1.807) is 0 Å². The van der Waals surface area contributed by atoms with Gasteiger partial charge in [0.05, 0.1) is 5.25 Å². The molecule has 1 spiro atoms. The number of carbonyl (C=O) groups is 1. The molecule has 1 saturated carbocycles. The summed E-state index contributed by atoms with van der Waals surface area (Å²) in [6.07, 6.45) is 4.18. The third kappa shape index (κ3) is 1.43. The van der Waals surface area contributed by atoms with E-state index in [1.165, 1.54) is 6.26 Å². The van der Waals surface area contributed by atoms with E-state index < -0.39 is 9.84 Å². The Labute approximate surface area is 84.0 Å². The molecule has 2 rings (SSSR count). The van der Waals surface area contributed by atoms with Crippen molar-refractivity contribution in [1.82, 2.24) is 5.32 Å². The van der Waals surface area contributed by atoms with Crippen LogP contribution in [0, 0.1) is 5.41 Å². The molecule has 0 aromatic carbocycles. The Hall–Kier alpha value is -0.580. The molecule has 5 heteroatoms. The molecule has 2 atom stereocenters. The fraction of sp³-hybridized carbons (Fsp3) is 0.889. The maximum absolute atomic E-state index is 11.6. The van der Waals surface area contributed by atoms with Crippen LogP contribution in [0.15, 0.2) is 0 Å². The van der Waals surface area contributed by atoms with Crippen molar-refractivity contribution in [2.75, 3.05) is 12.8 Å². The predicted octanol–water partition coefficient (Wildman–Crippen LogP) is 0.0898. The van der Waals surface area contributed by atoms with Gasteiger partial charge in [-0.3, -0.25) is 4.79 Å². The number of amides is 1. The first-order valence-corrected chi connectivity index (χ1v) is 6.85. The fourth-order valence-corrected chi connectivity index (χ4v) is 4.69. The molecule has 1 N–H and O–H groups in total. The Balaban J connectivity index is 2.31. The summed E-state index contributed by atoms with van der Waals surface area (Å²) in [4.78, 5) is 11.2. The monoisotopic (exact) mass is 217 g/mol. The van der Waals surface area contributed by atoms with Crippen LogP contribution < -0.4 is 5.32 Å². The lowest BCUT2D eigenvalue weighted by Gasteiger charge is -2.27. The number of hydrogen-bond donors (Lipinski definition) is 1. The molecule has 1 heterocycles. The first kappa shape index (κ1) is 9.96. The smallest absolute Gasteiger partial charge is 0.220 e. The molecule has 1 aliphatic heterocycles. The zero-order chi connectivity index (χ0) is 10.4. The third-order valence-corrected chi connectivity index (χ3v) is 5.26. The van der Waals surface area contributed by atoms with Crippen LogP contribution in [-0.2, 0) is 14.6 Å². The third-order valence-electron chi connectivity index (χ3n) is 3.49. The van der Waals surface area contributed by atoms with Gasteiger partial charge >= 0.3 is 0 Å². The summed E-state index contributed by atoms with van der Waals surface area (Å²) in [6.45, 7) is 0.545. The lowest BCUT2D eigenvalue weighted by atomic mass is 9.85. The molecule has 0 aromatic rings. The van der Waals surface area contributed by atoms with Crippen LogP contribution in [-0.4, -0.2) is 32.4 Å². The van der Waals surface area contributed by atoms with E-state index in [4.69, 9.17) is 0 Å². The van der Waals surface area contributed by atoms with Crippen LogP contribution in [0.4, 0.5) is 0 Å². The summed E-state index contributed by atoms with van der Waals surface area (Å²) >= 11 is 0. The Bertz CT molecular complexity index is 362. The molecule has 1 amide bonds. The standard InChI is InChI=1S/C9H15NO3S/c1-14(12,13)7-3-2-4-9(7)5-8(11)10-6-9/h7H,2-6H2,1H3,(H,10,11). The Morgan fingerprint density at radius 1 is 1.50 bits per heavy atom. The van der Waals surface area contributed by atoms with Crippen molar-refractivity contribution in [2.45, 2.75) is 30.9 Å². The van der Waals surface area contributed by atoms with Gasteiger partial charge in [0, 0.05) is 24.6 Å². The normalized spacial score (nSPS) is 37.8. The maximum atomic E-state index is 11.6. The van der Waals surface area contributed by atoms with Gasteiger partial charge in [-0.1, -0.05) is 6.42 Å². The molecule has 1 aliphatic carbocycles. The highest BCUT2D eigenvalue weighted by Crippen LogP contribution is 2.46. The molecule has 1 saturated heterocycles. The Morgan fingerprint density at radius 3 is 2.71 bits per heavy atom. The fourth-order valence-electron chi connectivity index (χ4n) is 2.90. The van der Waals surface area contributed by atoms with Crippen LogP contribution in [0.1, 0.15) is 25.7 Å².